The fourth-order valence-electron chi connectivity index (χ4n) is 4.36. The van der Waals surface area contributed by atoms with Gasteiger partial charge in [0.2, 0.25) is 5.78 Å². The van der Waals surface area contributed by atoms with Crippen LogP contribution in [0.3, 0.4) is 0 Å². The lowest BCUT2D eigenvalue weighted by Crippen LogP contribution is -2.32. The minimum Gasteiger partial charge on any atom is -0.503 e. The van der Waals surface area contributed by atoms with Gasteiger partial charge in [-0.2, -0.15) is 0 Å². The van der Waals surface area contributed by atoms with E-state index >= 15 is 0 Å². The molecular formula is C27H32N4O4S. The van der Waals surface area contributed by atoms with Crippen LogP contribution in [0.1, 0.15) is 58.7 Å². The summed E-state index contributed by atoms with van der Waals surface area (Å²) in [7, 11) is 0. The van der Waals surface area contributed by atoms with Gasteiger partial charge in [0.05, 0.1) is 40.1 Å². The second-order valence-electron chi connectivity index (χ2n) is 9.40. The second-order valence-corrected chi connectivity index (χ2v) is 10.6. The number of Topliss-reactive ketones (excluding diaryl/α,β-unsaturated/α-hetero) is 1. The number of ketones is 1. The molecule has 3 aromatic rings. The number of carbonyl (C=O) groups is 2. The quantitative estimate of drug-likeness (QED) is 0.364. The number of hydrogen-bond donors (Lipinski definition) is 1. The molecule has 190 valence electrons. The molecule has 1 aromatic carbocycles. The van der Waals surface area contributed by atoms with Crippen LogP contribution in [0.25, 0.3) is 0 Å². The molecule has 0 saturated heterocycles. The number of thiazole rings is 1. The molecule has 3 heterocycles. The van der Waals surface area contributed by atoms with Gasteiger partial charge in [-0.25, -0.2) is 9.97 Å². The second kappa shape index (κ2) is 11.1. The van der Waals surface area contributed by atoms with Crippen LogP contribution in [0, 0.1) is 19.8 Å². The highest BCUT2D eigenvalue weighted by atomic mass is 32.1. The standard InChI is InChI=1S/C27H32N4O4S/c1-17(2)9-14-35-21-8-5-7-20(15-21)23-22(24(32)26-18(3)29-19(4)36-26)25(33)27(34)31(23)12-6-11-30-13-10-28-16-30/h5,7-8,10,13,15-17,23,33H,6,9,11-12,14H2,1-4H3. The van der Waals surface area contributed by atoms with E-state index in [0.29, 0.717) is 48.4 Å². The van der Waals surface area contributed by atoms with E-state index in [9.17, 15) is 14.7 Å². The van der Waals surface area contributed by atoms with E-state index < -0.39 is 17.7 Å². The van der Waals surface area contributed by atoms with Gasteiger partial charge in [-0.1, -0.05) is 26.0 Å². The van der Waals surface area contributed by atoms with Crippen molar-refractivity contribution in [2.45, 2.75) is 53.1 Å². The number of aliphatic hydroxyl groups excluding tert-OH is 1. The lowest BCUT2D eigenvalue weighted by atomic mass is 9.95. The van der Waals surface area contributed by atoms with Crippen molar-refractivity contribution in [3.63, 3.8) is 0 Å². The van der Waals surface area contributed by atoms with E-state index in [1.807, 2.05) is 42.0 Å². The van der Waals surface area contributed by atoms with Crippen LogP contribution < -0.4 is 4.74 Å². The van der Waals surface area contributed by atoms with E-state index in [1.165, 1.54) is 11.3 Å². The van der Waals surface area contributed by atoms with E-state index in [2.05, 4.69) is 23.8 Å². The zero-order chi connectivity index (χ0) is 25.8. The van der Waals surface area contributed by atoms with Crippen LogP contribution in [0.15, 0.2) is 54.3 Å². The van der Waals surface area contributed by atoms with Crippen LogP contribution in [0.2, 0.25) is 0 Å². The molecule has 0 saturated carbocycles. The van der Waals surface area contributed by atoms with E-state index in [1.54, 1.807) is 24.3 Å². The number of rotatable bonds is 11. The Hall–Kier alpha value is -3.46. The van der Waals surface area contributed by atoms with Crippen molar-refractivity contribution in [2.75, 3.05) is 13.2 Å². The molecular weight excluding hydrogens is 476 g/mol. The monoisotopic (exact) mass is 508 g/mol. The summed E-state index contributed by atoms with van der Waals surface area (Å²) in [6, 6.07) is 6.73. The smallest absolute Gasteiger partial charge is 0.290 e. The highest BCUT2D eigenvalue weighted by molar-refractivity contribution is 7.14. The number of carbonyl (C=O) groups excluding carboxylic acids is 2. The third-order valence-electron chi connectivity index (χ3n) is 6.17. The Morgan fingerprint density at radius 2 is 2.06 bits per heavy atom. The third-order valence-corrected chi connectivity index (χ3v) is 7.24. The van der Waals surface area contributed by atoms with Gasteiger partial charge in [0.25, 0.3) is 5.91 Å². The third kappa shape index (κ3) is 5.51. The first-order valence-corrected chi connectivity index (χ1v) is 13.0. The molecule has 0 fully saturated rings. The fourth-order valence-corrected chi connectivity index (χ4v) is 5.23. The number of nitrogens with zero attached hydrogens (tertiary/aromatic N) is 4. The Kier molecular flexibility index (Phi) is 7.88. The molecule has 1 unspecified atom stereocenters. The molecule has 1 N–H and O–H groups in total. The summed E-state index contributed by atoms with van der Waals surface area (Å²) in [5.41, 5.74) is 1.41. The number of benzene rings is 1. The van der Waals surface area contributed by atoms with Crippen molar-refractivity contribution in [3.8, 4) is 5.75 Å². The maximum Gasteiger partial charge on any atom is 0.290 e. The fraction of sp³-hybridized carbons (Fsp3) is 0.407. The van der Waals surface area contributed by atoms with E-state index in [-0.39, 0.29) is 11.4 Å². The van der Waals surface area contributed by atoms with Gasteiger partial charge in [-0.3, -0.25) is 9.59 Å². The number of hydrogen-bond acceptors (Lipinski definition) is 7. The van der Waals surface area contributed by atoms with Crippen molar-refractivity contribution in [2.24, 2.45) is 5.92 Å². The molecule has 1 aliphatic heterocycles. The van der Waals surface area contributed by atoms with Crippen molar-refractivity contribution in [3.05, 3.63) is 75.5 Å². The molecule has 1 aliphatic rings. The molecule has 8 nitrogen and oxygen atoms in total. The number of aryl methyl sites for hydroxylation is 3. The Labute approximate surface area is 215 Å². The minimum atomic E-state index is -0.719. The summed E-state index contributed by atoms with van der Waals surface area (Å²) in [5, 5.41) is 11.7. The highest BCUT2D eigenvalue weighted by Gasteiger charge is 2.44. The molecule has 0 spiro atoms. The first kappa shape index (κ1) is 25.6. The van der Waals surface area contributed by atoms with Crippen LogP contribution in [0.5, 0.6) is 5.75 Å². The van der Waals surface area contributed by atoms with Gasteiger partial charge >= 0.3 is 0 Å². The maximum atomic E-state index is 13.7. The summed E-state index contributed by atoms with van der Waals surface area (Å²) >= 11 is 1.27. The predicted octanol–water partition coefficient (Wildman–Crippen LogP) is 5.05. The number of ether oxygens (including phenoxy) is 1. The highest BCUT2D eigenvalue weighted by Crippen LogP contribution is 2.41. The number of aliphatic hydroxyl groups is 1. The molecule has 0 aliphatic carbocycles. The van der Waals surface area contributed by atoms with Crippen LogP contribution in [0.4, 0.5) is 0 Å². The van der Waals surface area contributed by atoms with Crippen molar-refractivity contribution in [1.82, 2.24) is 19.4 Å². The first-order valence-electron chi connectivity index (χ1n) is 12.2. The summed E-state index contributed by atoms with van der Waals surface area (Å²) in [4.78, 5) is 37.4. The van der Waals surface area contributed by atoms with Crippen molar-refractivity contribution in [1.29, 1.82) is 0 Å². The largest absolute Gasteiger partial charge is 0.503 e. The summed E-state index contributed by atoms with van der Waals surface area (Å²) in [5.74, 6) is -0.218. The molecule has 36 heavy (non-hydrogen) atoms. The SMILES string of the molecule is Cc1nc(C)c(C(=O)C2=C(O)C(=O)N(CCCn3ccnc3)C2c2cccc(OCCC(C)C)c2)s1. The summed E-state index contributed by atoms with van der Waals surface area (Å²) < 4.78 is 7.89. The van der Waals surface area contributed by atoms with Gasteiger partial charge in [-0.05, 0) is 50.3 Å². The first-order chi connectivity index (χ1) is 17.3. The van der Waals surface area contributed by atoms with Gasteiger partial charge in [0.15, 0.2) is 5.76 Å². The Bertz CT molecular complexity index is 1260. The van der Waals surface area contributed by atoms with Gasteiger partial charge in [0.1, 0.15) is 5.75 Å². The van der Waals surface area contributed by atoms with Gasteiger partial charge in [-0.15, -0.1) is 11.3 Å². The molecule has 1 amide bonds. The number of aromatic nitrogens is 3. The zero-order valence-electron chi connectivity index (χ0n) is 21.1. The molecule has 0 radical (unpaired) electrons. The average molecular weight is 509 g/mol. The minimum absolute atomic E-state index is 0.0914. The average Bonchev–Trinajstić information content (AvgIpc) is 3.53. The Balaban J connectivity index is 1.66. The van der Waals surface area contributed by atoms with Crippen molar-refractivity contribution >= 4 is 23.0 Å². The molecule has 4 rings (SSSR count). The normalized spacial score (nSPS) is 15.9. The Morgan fingerprint density at radius 3 is 2.72 bits per heavy atom. The van der Waals surface area contributed by atoms with Gasteiger partial charge in [0, 0.05) is 25.5 Å². The molecule has 0 bridgehead atoms. The summed E-state index contributed by atoms with van der Waals surface area (Å²) in [6.07, 6.45) is 6.84. The number of imidazole rings is 1. The maximum absolute atomic E-state index is 13.7. The van der Waals surface area contributed by atoms with E-state index in [4.69, 9.17) is 4.74 Å². The van der Waals surface area contributed by atoms with Gasteiger partial charge < -0.3 is 19.3 Å². The lowest BCUT2D eigenvalue weighted by Gasteiger charge is -2.27. The topological polar surface area (TPSA) is 97.5 Å². The Morgan fingerprint density at radius 1 is 1.25 bits per heavy atom. The van der Waals surface area contributed by atoms with Crippen molar-refractivity contribution < 1.29 is 19.4 Å². The zero-order valence-corrected chi connectivity index (χ0v) is 21.9. The summed E-state index contributed by atoms with van der Waals surface area (Å²) in [6.45, 7) is 9.48. The lowest BCUT2D eigenvalue weighted by molar-refractivity contribution is -0.129. The van der Waals surface area contributed by atoms with Crippen LogP contribution >= 0.6 is 11.3 Å². The number of amides is 1. The molecule has 2 aromatic heterocycles. The molecule has 1 atom stereocenters. The van der Waals surface area contributed by atoms with E-state index in [0.717, 1.165) is 17.0 Å². The molecule has 9 heteroatoms. The van der Waals surface area contributed by atoms with Crippen LogP contribution in [-0.4, -0.2) is 49.4 Å². The van der Waals surface area contributed by atoms with Crippen LogP contribution in [-0.2, 0) is 11.3 Å². The predicted molar refractivity (Wildman–Crippen MR) is 138 cm³/mol.